The van der Waals surface area contributed by atoms with Crippen LogP contribution < -0.4 is 5.32 Å². The van der Waals surface area contributed by atoms with Gasteiger partial charge in [0, 0.05) is 19.0 Å². The molecule has 1 aliphatic rings. The van der Waals surface area contributed by atoms with E-state index in [1.165, 1.54) is 33.8 Å². The molecule has 3 aromatic rings. The number of thiazole rings is 1. The highest BCUT2D eigenvalue weighted by Crippen LogP contribution is 2.36. The standard InChI is InChI=1S/C19H16Cl2FN3O3S2/c20-12-5-6-13(21)17-16(12)23-19(29-17)24-18(26)11-7-9-25(10-8-11)30(27,28)15-4-2-1-3-14(15)22/h1-6,11H,7-10H2,(H,23,24,26). The zero-order valence-electron chi connectivity index (χ0n) is 15.4. The Hall–Kier alpha value is -1.78. The van der Waals surface area contributed by atoms with Crippen LogP contribution in [-0.4, -0.2) is 36.7 Å². The van der Waals surface area contributed by atoms with Crippen molar-refractivity contribution >= 4 is 65.8 Å². The number of carbonyl (C=O) groups excluding carboxylic acids is 1. The van der Waals surface area contributed by atoms with Gasteiger partial charge in [0.25, 0.3) is 0 Å². The van der Waals surface area contributed by atoms with E-state index in [-0.39, 0.29) is 29.8 Å². The number of fused-ring (bicyclic) bond motifs is 1. The highest BCUT2D eigenvalue weighted by molar-refractivity contribution is 7.89. The van der Waals surface area contributed by atoms with Crippen LogP contribution in [0.3, 0.4) is 0 Å². The van der Waals surface area contributed by atoms with Gasteiger partial charge in [0.1, 0.15) is 16.2 Å². The van der Waals surface area contributed by atoms with Crippen LogP contribution in [0.1, 0.15) is 12.8 Å². The number of carbonyl (C=O) groups is 1. The van der Waals surface area contributed by atoms with Gasteiger partial charge in [-0.05, 0) is 37.1 Å². The Kier molecular flexibility index (Phi) is 6.00. The van der Waals surface area contributed by atoms with E-state index in [9.17, 15) is 17.6 Å². The molecule has 2 heterocycles. The molecule has 0 unspecified atom stereocenters. The minimum atomic E-state index is -3.94. The van der Waals surface area contributed by atoms with Crippen LogP contribution in [0.2, 0.25) is 10.0 Å². The van der Waals surface area contributed by atoms with Crippen molar-refractivity contribution in [3.05, 3.63) is 52.3 Å². The summed E-state index contributed by atoms with van der Waals surface area (Å²) in [5.74, 6) is -1.41. The van der Waals surface area contributed by atoms with Crippen LogP contribution in [0.4, 0.5) is 9.52 Å². The minimum Gasteiger partial charge on any atom is -0.302 e. The molecule has 30 heavy (non-hydrogen) atoms. The third kappa shape index (κ3) is 4.04. The van der Waals surface area contributed by atoms with Gasteiger partial charge in [-0.1, -0.05) is 46.7 Å². The summed E-state index contributed by atoms with van der Waals surface area (Å²) in [6, 6.07) is 8.58. The number of rotatable bonds is 4. The maximum absolute atomic E-state index is 13.9. The van der Waals surface area contributed by atoms with Crippen LogP contribution in [0.15, 0.2) is 41.3 Å². The lowest BCUT2D eigenvalue weighted by Gasteiger charge is -2.30. The first-order chi connectivity index (χ1) is 14.3. The lowest BCUT2D eigenvalue weighted by atomic mass is 9.97. The third-order valence-electron chi connectivity index (χ3n) is 4.96. The van der Waals surface area contributed by atoms with E-state index in [1.807, 2.05) is 0 Å². The molecule has 1 saturated heterocycles. The van der Waals surface area contributed by atoms with E-state index in [2.05, 4.69) is 10.3 Å². The van der Waals surface area contributed by atoms with Crippen molar-refractivity contribution in [3.8, 4) is 0 Å². The molecule has 11 heteroatoms. The number of benzene rings is 2. The fraction of sp³-hybridized carbons (Fsp3) is 0.263. The Morgan fingerprint density at radius 2 is 1.80 bits per heavy atom. The number of hydrogen-bond acceptors (Lipinski definition) is 5. The molecule has 1 aromatic heterocycles. The Morgan fingerprint density at radius 3 is 2.47 bits per heavy atom. The Balaban J connectivity index is 1.43. The Morgan fingerprint density at radius 1 is 1.13 bits per heavy atom. The number of amides is 1. The number of nitrogens with zero attached hydrogens (tertiary/aromatic N) is 2. The minimum absolute atomic E-state index is 0.131. The van der Waals surface area contributed by atoms with Crippen LogP contribution in [0.5, 0.6) is 0 Å². The maximum atomic E-state index is 13.9. The van der Waals surface area contributed by atoms with Gasteiger partial charge in [0.2, 0.25) is 15.9 Å². The second-order valence-electron chi connectivity index (χ2n) is 6.82. The smallest absolute Gasteiger partial charge is 0.245 e. The highest BCUT2D eigenvalue weighted by Gasteiger charge is 2.33. The summed E-state index contributed by atoms with van der Waals surface area (Å²) in [5, 5.41) is 4.10. The van der Waals surface area contributed by atoms with Crippen molar-refractivity contribution in [3.63, 3.8) is 0 Å². The lowest BCUT2D eigenvalue weighted by molar-refractivity contribution is -0.120. The number of piperidine rings is 1. The van der Waals surface area contributed by atoms with E-state index in [0.717, 1.165) is 6.07 Å². The Bertz CT molecular complexity index is 1190. The summed E-state index contributed by atoms with van der Waals surface area (Å²) < 4.78 is 41.2. The molecule has 0 atom stereocenters. The zero-order chi connectivity index (χ0) is 21.5. The molecule has 4 rings (SSSR count). The van der Waals surface area contributed by atoms with E-state index in [0.29, 0.717) is 38.2 Å². The lowest BCUT2D eigenvalue weighted by Crippen LogP contribution is -2.41. The summed E-state index contributed by atoms with van der Waals surface area (Å²) in [6.07, 6.45) is 0.651. The van der Waals surface area contributed by atoms with Gasteiger partial charge in [0.15, 0.2) is 5.13 Å². The number of hydrogen-bond donors (Lipinski definition) is 1. The molecule has 0 aliphatic carbocycles. The van der Waals surface area contributed by atoms with Crippen molar-refractivity contribution in [2.24, 2.45) is 5.92 Å². The maximum Gasteiger partial charge on any atom is 0.245 e. The topological polar surface area (TPSA) is 79.4 Å². The van der Waals surface area contributed by atoms with Crippen molar-refractivity contribution in [1.29, 1.82) is 0 Å². The fourth-order valence-electron chi connectivity index (χ4n) is 3.36. The summed E-state index contributed by atoms with van der Waals surface area (Å²) in [7, 11) is -3.94. The van der Waals surface area contributed by atoms with Crippen LogP contribution >= 0.6 is 34.5 Å². The molecular formula is C19H16Cl2FN3O3S2. The number of sulfonamides is 1. The second kappa shape index (κ2) is 8.39. The molecule has 0 spiro atoms. The van der Waals surface area contributed by atoms with Crippen molar-refractivity contribution in [2.45, 2.75) is 17.7 Å². The number of aromatic nitrogens is 1. The largest absolute Gasteiger partial charge is 0.302 e. The van der Waals surface area contributed by atoms with Gasteiger partial charge in [0.05, 0.1) is 14.7 Å². The van der Waals surface area contributed by atoms with Crippen LogP contribution in [0.25, 0.3) is 10.2 Å². The molecule has 1 fully saturated rings. The summed E-state index contributed by atoms with van der Waals surface area (Å²) in [5.41, 5.74) is 0.523. The number of nitrogens with one attached hydrogen (secondary N) is 1. The SMILES string of the molecule is O=C(Nc1nc2c(Cl)ccc(Cl)c2s1)C1CCN(S(=O)(=O)c2ccccc2F)CC1. The number of anilines is 1. The molecule has 0 radical (unpaired) electrons. The monoisotopic (exact) mass is 487 g/mol. The van der Waals surface area contributed by atoms with Crippen molar-refractivity contribution in [1.82, 2.24) is 9.29 Å². The van der Waals surface area contributed by atoms with Gasteiger partial charge >= 0.3 is 0 Å². The summed E-state index contributed by atoms with van der Waals surface area (Å²) in [4.78, 5) is 16.6. The molecule has 2 aromatic carbocycles. The normalized spacial score (nSPS) is 16.1. The van der Waals surface area contributed by atoms with Crippen LogP contribution in [-0.2, 0) is 14.8 Å². The first-order valence-corrected chi connectivity index (χ1v) is 12.1. The van der Waals surface area contributed by atoms with Gasteiger partial charge in [-0.2, -0.15) is 4.31 Å². The molecular weight excluding hydrogens is 472 g/mol. The molecule has 158 valence electrons. The Labute approximate surface area is 186 Å². The summed E-state index contributed by atoms with van der Waals surface area (Å²) in [6.45, 7) is 0.262. The van der Waals surface area contributed by atoms with E-state index in [1.54, 1.807) is 12.1 Å². The summed E-state index contributed by atoms with van der Waals surface area (Å²) >= 11 is 13.5. The van der Waals surface area contributed by atoms with Gasteiger partial charge in [-0.3, -0.25) is 4.79 Å². The van der Waals surface area contributed by atoms with Gasteiger partial charge in [-0.15, -0.1) is 0 Å². The fourth-order valence-corrected chi connectivity index (χ4v) is 6.32. The number of halogens is 3. The molecule has 6 nitrogen and oxygen atoms in total. The quantitative estimate of drug-likeness (QED) is 0.573. The van der Waals surface area contributed by atoms with Gasteiger partial charge in [-0.25, -0.2) is 17.8 Å². The molecule has 0 saturated carbocycles. The van der Waals surface area contributed by atoms with E-state index >= 15 is 0 Å². The first-order valence-electron chi connectivity index (χ1n) is 9.07. The van der Waals surface area contributed by atoms with Crippen LogP contribution in [0, 0.1) is 11.7 Å². The van der Waals surface area contributed by atoms with Gasteiger partial charge < -0.3 is 5.32 Å². The van der Waals surface area contributed by atoms with Crippen molar-refractivity contribution in [2.75, 3.05) is 18.4 Å². The average molecular weight is 488 g/mol. The van der Waals surface area contributed by atoms with E-state index < -0.39 is 15.8 Å². The zero-order valence-corrected chi connectivity index (χ0v) is 18.6. The molecule has 0 bridgehead atoms. The second-order valence-corrected chi connectivity index (χ2v) is 10.5. The van der Waals surface area contributed by atoms with E-state index in [4.69, 9.17) is 23.2 Å². The molecule has 1 amide bonds. The molecule has 1 N–H and O–H groups in total. The molecule has 1 aliphatic heterocycles. The predicted molar refractivity (Wildman–Crippen MR) is 116 cm³/mol. The third-order valence-corrected chi connectivity index (χ3v) is 8.62. The van der Waals surface area contributed by atoms with Crippen molar-refractivity contribution < 1.29 is 17.6 Å². The predicted octanol–water partition coefficient (Wildman–Crippen LogP) is 4.78. The highest BCUT2D eigenvalue weighted by atomic mass is 35.5. The first kappa shape index (κ1) is 21.5. The average Bonchev–Trinajstić information content (AvgIpc) is 3.16.